The number of fused-ring (bicyclic) bond motifs is 1. The van der Waals surface area contributed by atoms with Crippen LogP contribution in [0.25, 0.3) is 10.9 Å². The number of nitrogens with one attached hydrogen (secondary N) is 2. The van der Waals surface area contributed by atoms with Crippen molar-refractivity contribution in [1.82, 2.24) is 14.9 Å². The summed E-state index contributed by atoms with van der Waals surface area (Å²) in [5.41, 5.74) is 1.89. The van der Waals surface area contributed by atoms with E-state index < -0.39 is 0 Å². The summed E-state index contributed by atoms with van der Waals surface area (Å²) in [7, 11) is 1.61. The molecule has 25 heavy (non-hydrogen) atoms. The maximum absolute atomic E-state index is 12.3. The molecule has 0 radical (unpaired) electrons. The highest BCUT2D eigenvalue weighted by Gasteiger charge is 2.09. The van der Waals surface area contributed by atoms with Crippen molar-refractivity contribution in [2.45, 2.75) is 6.42 Å². The summed E-state index contributed by atoms with van der Waals surface area (Å²) < 4.78 is 1.68. The number of hydrogen-bond acceptors (Lipinski definition) is 3. The fraction of sp³-hybridized carbons (Fsp3) is 0.167. The highest BCUT2D eigenvalue weighted by molar-refractivity contribution is 7.71. The van der Waals surface area contributed by atoms with E-state index in [1.54, 1.807) is 25.2 Å². The Labute approximate surface area is 154 Å². The highest BCUT2D eigenvalue weighted by Crippen LogP contribution is 2.12. The van der Waals surface area contributed by atoms with Crippen LogP contribution in [0.5, 0.6) is 0 Å². The van der Waals surface area contributed by atoms with Crippen molar-refractivity contribution in [2.75, 3.05) is 6.54 Å². The maximum Gasteiger partial charge on any atom is 0.261 e. The number of benzene rings is 2. The fourth-order valence-electron chi connectivity index (χ4n) is 2.56. The number of amides is 1. The molecule has 7 heteroatoms. The Bertz CT molecular complexity index is 1070. The first-order chi connectivity index (χ1) is 12.0. The smallest absolute Gasteiger partial charge is 0.261 e. The Hall–Kier alpha value is -2.44. The summed E-state index contributed by atoms with van der Waals surface area (Å²) in [4.78, 5) is 27.4. The molecule has 0 unspecified atom stereocenters. The molecular formula is C18H16ClN3O2S. The van der Waals surface area contributed by atoms with Crippen molar-refractivity contribution >= 4 is 40.6 Å². The standard InChI is InChI=1S/C18H16ClN3O2S/c1-22-17(24)14-6-5-12(10-15(14)21-18(22)25)16(23)20-8-7-11-3-2-4-13(19)9-11/h2-6,9-10H,7-8H2,1H3,(H,20,23)(H,21,25). The van der Waals surface area contributed by atoms with Gasteiger partial charge in [-0.3, -0.25) is 14.2 Å². The van der Waals surface area contributed by atoms with Crippen molar-refractivity contribution in [3.8, 4) is 0 Å². The third-order valence-corrected chi connectivity index (χ3v) is 4.56. The molecule has 3 rings (SSSR count). The molecule has 2 aromatic carbocycles. The van der Waals surface area contributed by atoms with Gasteiger partial charge in [-0.15, -0.1) is 0 Å². The number of aromatic nitrogens is 2. The molecule has 0 aliphatic carbocycles. The molecule has 0 fully saturated rings. The molecule has 1 amide bonds. The number of carbonyl (C=O) groups excluding carboxylic acids is 1. The normalized spacial score (nSPS) is 10.8. The summed E-state index contributed by atoms with van der Waals surface area (Å²) in [5, 5.41) is 4.04. The number of nitrogens with zero attached hydrogens (tertiary/aromatic N) is 1. The van der Waals surface area contributed by atoms with Crippen LogP contribution in [0.3, 0.4) is 0 Å². The van der Waals surface area contributed by atoms with Crippen molar-refractivity contribution in [3.63, 3.8) is 0 Å². The lowest BCUT2D eigenvalue weighted by atomic mass is 10.1. The number of H-pyrrole nitrogens is 1. The summed E-state index contributed by atoms with van der Waals surface area (Å²) in [5.74, 6) is -0.205. The van der Waals surface area contributed by atoms with Crippen LogP contribution < -0.4 is 10.9 Å². The van der Waals surface area contributed by atoms with Gasteiger partial charge < -0.3 is 10.3 Å². The van der Waals surface area contributed by atoms with Gasteiger partial charge in [-0.1, -0.05) is 23.7 Å². The van der Waals surface area contributed by atoms with E-state index in [1.807, 2.05) is 24.3 Å². The number of hydrogen-bond donors (Lipinski definition) is 2. The molecule has 0 atom stereocenters. The zero-order chi connectivity index (χ0) is 18.0. The number of halogens is 1. The summed E-state index contributed by atoms with van der Waals surface area (Å²) in [6, 6.07) is 12.4. The zero-order valence-electron chi connectivity index (χ0n) is 13.5. The SMILES string of the molecule is Cn1c(=S)[nH]c2cc(C(=O)NCCc3cccc(Cl)c3)ccc2c1=O. The average molecular weight is 374 g/mol. The predicted molar refractivity (Wildman–Crippen MR) is 102 cm³/mol. The van der Waals surface area contributed by atoms with Crippen molar-refractivity contribution in [1.29, 1.82) is 0 Å². The van der Waals surface area contributed by atoms with Crippen LogP contribution in [0.1, 0.15) is 15.9 Å². The third-order valence-electron chi connectivity index (χ3n) is 3.95. The monoisotopic (exact) mass is 373 g/mol. The second-order valence-electron chi connectivity index (χ2n) is 5.69. The minimum absolute atomic E-state index is 0.188. The first-order valence-electron chi connectivity index (χ1n) is 7.71. The molecule has 0 spiro atoms. The molecule has 0 aliphatic rings. The van der Waals surface area contributed by atoms with Crippen LogP contribution in [0.15, 0.2) is 47.3 Å². The van der Waals surface area contributed by atoms with Crippen molar-refractivity contribution < 1.29 is 4.79 Å². The molecule has 2 N–H and O–H groups in total. The lowest BCUT2D eigenvalue weighted by molar-refractivity contribution is 0.0954. The Morgan fingerprint density at radius 2 is 2.08 bits per heavy atom. The van der Waals surface area contributed by atoms with E-state index in [4.69, 9.17) is 23.8 Å². The predicted octanol–water partition coefficient (Wildman–Crippen LogP) is 3.22. The molecule has 0 aliphatic heterocycles. The second-order valence-corrected chi connectivity index (χ2v) is 6.51. The minimum atomic E-state index is -0.205. The maximum atomic E-state index is 12.3. The molecule has 0 saturated heterocycles. The Morgan fingerprint density at radius 3 is 2.84 bits per heavy atom. The molecule has 1 heterocycles. The highest BCUT2D eigenvalue weighted by atomic mass is 35.5. The zero-order valence-corrected chi connectivity index (χ0v) is 15.1. The van der Waals surface area contributed by atoms with Crippen LogP contribution in [0, 0.1) is 4.77 Å². The van der Waals surface area contributed by atoms with E-state index >= 15 is 0 Å². The van der Waals surface area contributed by atoms with E-state index in [1.165, 1.54) is 4.57 Å². The summed E-state index contributed by atoms with van der Waals surface area (Å²) >= 11 is 11.1. The van der Waals surface area contributed by atoms with Gasteiger partial charge in [0.15, 0.2) is 4.77 Å². The van der Waals surface area contributed by atoms with E-state index in [-0.39, 0.29) is 11.5 Å². The van der Waals surface area contributed by atoms with Gasteiger partial charge in [-0.25, -0.2) is 0 Å². The summed E-state index contributed by atoms with van der Waals surface area (Å²) in [6.45, 7) is 0.490. The van der Waals surface area contributed by atoms with E-state index in [0.717, 1.165) is 5.56 Å². The Balaban J connectivity index is 1.75. The number of aromatic amines is 1. The molecular weight excluding hydrogens is 358 g/mol. The van der Waals surface area contributed by atoms with Gasteiger partial charge in [0.1, 0.15) is 0 Å². The summed E-state index contributed by atoms with van der Waals surface area (Å²) in [6.07, 6.45) is 0.683. The van der Waals surface area contributed by atoms with Gasteiger partial charge in [0.05, 0.1) is 10.9 Å². The quantitative estimate of drug-likeness (QED) is 0.690. The third kappa shape index (κ3) is 3.81. The second kappa shape index (κ2) is 7.21. The molecule has 0 bridgehead atoms. The van der Waals surface area contributed by atoms with Gasteiger partial charge >= 0.3 is 0 Å². The lowest BCUT2D eigenvalue weighted by Crippen LogP contribution is -2.26. The average Bonchev–Trinajstić information content (AvgIpc) is 2.59. The lowest BCUT2D eigenvalue weighted by Gasteiger charge is -2.07. The van der Waals surface area contributed by atoms with Crippen molar-refractivity contribution in [3.05, 3.63) is 73.7 Å². The van der Waals surface area contributed by atoms with E-state index in [2.05, 4.69) is 10.3 Å². The first-order valence-corrected chi connectivity index (χ1v) is 8.50. The minimum Gasteiger partial charge on any atom is -0.352 e. The Morgan fingerprint density at radius 1 is 1.28 bits per heavy atom. The van der Waals surface area contributed by atoms with Gasteiger partial charge in [-0.2, -0.15) is 0 Å². The molecule has 5 nitrogen and oxygen atoms in total. The molecule has 1 aromatic heterocycles. The first kappa shape index (κ1) is 17.4. The molecule has 3 aromatic rings. The topological polar surface area (TPSA) is 66.9 Å². The van der Waals surface area contributed by atoms with E-state index in [9.17, 15) is 9.59 Å². The van der Waals surface area contributed by atoms with Crippen LogP contribution >= 0.6 is 23.8 Å². The number of rotatable bonds is 4. The van der Waals surface area contributed by atoms with Crippen LogP contribution in [-0.2, 0) is 13.5 Å². The van der Waals surface area contributed by atoms with Crippen molar-refractivity contribution in [2.24, 2.45) is 7.05 Å². The van der Waals surface area contributed by atoms with Gasteiger partial charge in [-0.05, 0) is 54.5 Å². The van der Waals surface area contributed by atoms with Gasteiger partial charge in [0, 0.05) is 24.2 Å². The molecule has 0 saturated carbocycles. The largest absolute Gasteiger partial charge is 0.352 e. The van der Waals surface area contributed by atoms with Crippen LogP contribution in [0.4, 0.5) is 0 Å². The Kier molecular flexibility index (Phi) is 5.01. The van der Waals surface area contributed by atoms with Crippen LogP contribution in [0.2, 0.25) is 5.02 Å². The van der Waals surface area contributed by atoms with E-state index in [0.29, 0.717) is 39.2 Å². The fourth-order valence-corrected chi connectivity index (χ4v) is 2.97. The van der Waals surface area contributed by atoms with Crippen LogP contribution in [-0.4, -0.2) is 22.0 Å². The van der Waals surface area contributed by atoms with Gasteiger partial charge in [0.2, 0.25) is 0 Å². The molecule has 128 valence electrons. The van der Waals surface area contributed by atoms with Gasteiger partial charge in [0.25, 0.3) is 11.5 Å². The number of carbonyl (C=O) groups is 1.